The van der Waals surface area contributed by atoms with Gasteiger partial charge in [0.2, 0.25) is 5.95 Å². The summed E-state index contributed by atoms with van der Waals surface area (Å²) in [7, 11) is 0. The van der Waals surface area contributed by atoms with E-state index in [2.05, 4.69) is 20.3 Å². The number of nitrogens with two attached hydrogens (primary N) is 1. The topological polar surface area (TPSA) is 76.7 Å². The number of benzene rings is 1. The summed E-state index contributed by atoms with van der Waals surface area (Å²) in [6.07, 6.45) is 3.31. The molecule has 3 rings (SSSR count). The molecule has 23 heavy (non-hydrogen) atoms. The van der Waals surface area contributed by atoms with E-state index < -0.39 is 0 Å². The number of aromatic nitrogens is 3. The number of rotatable bonds is 2. The minimum atomic E-state index is -0.286. The average molecular weight is 311 g/mol. The van der Waals surface area contributed by atoms with E-state index in [0.29, 0.717) is 22.7 Å². The number of hydrogen-bond donors (Lipinski definition) is 2. The lowest BCUT2D eigenvalue weighted by atomic mass is 10.0. The molecule has 6 heteroatoms. The summed E-state index contributed by atoms with van der Waals surface area (Å²) < 4.78 is 13.2. The van der Waals surface area contributed by atoms with Crippen LogP contribution in [0.5, 0.6) is 0 Å². The Morgan fingerprint density at radius 1 is 1.04 bits per heavy atom. The van der Waals surface area contributed by atoms with Crippen molar-refractivity contribution in [1.82, 2.24) is 15.0 Å². The summed E-state index contributed by atoms with van der Waals surface area (Å²) in [5.74, 6) is 0.596. The Morgan fingerprint density at radius 2 is 1.74 bits per heavy atom. The largest absolute Gasteiger partial charge is 0.383 e. The quantitative estimate of drug-likeness (QED) is 0.756. The molecule has 0 amide bonds. The molecule has 2 heterocycles. The molecule has 0 radical (unpaired) electrons. The molecule has 0 atom stereocenters. The molecule has 0 aliphatic rings. The Hall–Kier alpha value is -2.76. The minimum Gasteiger partial charge on any atom is -0.383 e. The van der Waals surface area contributed by atoms with Crippen molar-refractivity contribution in [1.29, 1.82) is 0 Å². The molecule has 1 aromatic carbocycles. The first-order valence-electron chi connectivity index (χ1n) is 7.29. The normalized spacial score (nSPS) is 11.7. The molecule has 0 saturated heterocycles. The lowest BCUT2D eigenvalue weighted by Gasteiger charge is -2.20. The first-order valence-corrected chi connectivity index (χ1v) is 7.29. The molecule has 0 fully saturated rings. The second-order valence-corrected chi connectivity index (χ2v) is 6.39. The van der Waals surface area contributed by atoms with Gasteiger partial charge in [0.05, 0.1) is 10.9 Å². The van der Waals surface area contributed by atoms with E-state index in [1.165, 1.54) is 12.1 Å². The summed E-state index contributed by atoms with van der Waals surface area (Å²) in [6.45, 7) is 6.09. The van der Waals surface area contributed by atoms with Gasteiger partial charge >= 0.3 is 0 Å². The summed E-state index contributed by atoms with van der Waals surface area (Å²) in [5, 5.41) is 3.91. The molecular formula is C17H18FN5. The minimum absolute atomic E-state index is 0.164. The van der Waals surface area contributed by atoms with Gasteiger partial charge in [-0.25, -0.2) is 19.3 Å². The van der Waals surface area contributed by atoms with Gasteiger partial charge in [-0.2, -0.15) is 0 Å². The molecular weight excluding hydrogens is 293 g/mol. The Morgan fingerprint density at radius 3 is 2.39 bits per heavy atom. The summed E-state index contributed by atoms with van der Waals surface area (Å²) in [6, 6.07) is 6.21. The first kappa shape index (κ1) is 15.1. The summed E-state index contributed by atoms with van der Waals surface area (Å²) >= 11 is 0. The Labute approximate surface area is 133 Å². The number of pyridine rings is 1. The lowest BCUT2D eigenvalue weighted by molar-refractivity contribution is 0.626. The zero-order valence-electron chi connectivity index (χ0n) is 13.3. The van der Waals surface area contributed by atoms with E-state index in [4.69, 9.17) is 5.73 Å². The van der Waals surface area contributed by atoms with E-state index in [0.717, 1.165) is 11.1 Å². The van der Waals surface area contributed by atoms with Gasteiger partial charge in [-0.15, -0.1) is 0 Å². The van der Waals surface area contributed by atoms with Gasteiger partial charge in [-0.05, 0) is 38.5 Å². The monoisotopic (exact) mass is 311 g/mol. The third kappa shape index (κ3) is 3.21. The number of anilines is 2. The third-order valence-corrected chi connectivity index (χ3v) is 3.29. The van der Waals surface area contributed by atoms with Gasteiger partial charge in [0.15, 0.2) is 0 Å². The van der Waals surface area contributed by atoms with Crippen molar-refractivity contribution >= 4 is 22.7 Å². The second kappa shape index (κ2) is 5.46. The van der Waals surface area contributed by atoms with E-state index in [-0.39, 0.29) is 11.4 Å². The fourth-order valence-electron chi connectivity index (χ4n) is 2.28. The molecule has 3 N–H and O–H groups in total. The van der Waals surface area contributed by atoms with Crippen molar-refractivity contribution in [3.63, 3.8) is 0 Å². The van der Waals surface area contributed by atoms with Crippen molar-refractivity contribution in [2.75, 3.05) is 11.1 Å². The third-order valence-electron chi connectivity index (χ3n) is 3.29. The SMILES string of the molecule is CC(C)(C)Nc1ncc2c(N)ncc(-c3ccc(F)cc3)c2n1. The lowest BCUT2D eigenvalue weighted by Crippen LogP contribution is -2.27. The van der Waals surface area contributed by atoms with Crippen LogP contribution in [0.4, 0.5) is 16.2 Å². The number of nitrogens with zero attached hydrogens (tertiary/aromatic N) is 3. The van der Waals surface area contributed by atoms with Crippen molar-refractivity contribution in [2.45, 2.75) is 26.3 Å². The van der Waals surface area contributed by atoms with Gasteiger partial charge in [-0.1, -0.05) is 12.1 Å². The van der Waals surface area contributed by atoms with E-state index in [1.54, 1.807) is 24.5 Å². The highest BCUT2D eigenvalue weighted by atomic mass is 19.1. The highest BCUT2D eigenvalue weighted by molar-refractivity contribution is 5.98. The standard InChI is InChI=1S/C17H18FN5/c1-17(2,3)23-16-21-9-13-14(22-16)12(8-20-15(13)19)10-4-6-11(18)7-5-10/h4-9H,1-3H3,(H2,19,20)(H,21,22,23). The molecule has 5 nitrogen and oxygen atoms in total. The van der Waals surface area contributed by atoms with Crippen LogP contribution in [0, 0.1) is 5.82 Å². The van der Waals surface area contributed by atoms with E-state index in [1.807, 2.05) is 20.8 Å². The number of hydrogen-bond acceptors (Lipinski definition) is 5. The van der Waals surface area contributed by atoms with Crippen LogP contribution < -0.4 is 11.1 Å². The molecule has 0 aliphatic carbocycles. The fourth-order valence-corrected chi connectivity index (χ4v) is 2.28. The maximum atomic E-state index is 13.2. The van der Waals surface area contributed by atoms with Crippen LogP contribution in [-0.2, 0) is 0 Å². The van der Waals surface area contributed by atoms with Crippen LogP contribution in [0.2, 0.25) is 0 Å². The molecule has 0 unspecified atom stereocenters. The van der Waals surface area contributed by atoms with Crippen molar-refractivity contribution < 1.29 is 4.39 Å². The average Bonchev–Trinajstić information content (AvgIpc) is 2.47. The predicted molar refractivity (Wildman–Crippen MR) is 90.5 cm³/mol. The molecule has 2 aromatic heterocycles. The van der Waals surface area contributed by atoms with E-state index >= 15 is 0 Å². The highest BCUT2D eigenvalue weighted by Crippen LogP contribution is 2.29. The van der Waals surface area contributed by atoms with Crippen LogP contribution in [0.25, 0.3) is 22.0 Å². The Kier molecular flexibility index (Phi) is 3.60. The Balaban J connectivity index is 2.19. The number of nitrogen functional groups attached to an aromatic ring is 1. The van der Waals surface area contributed by atoms with Crippen LogP contribution >= 0.6 is 0 Å². The highest BCUT2D eigenvalue weighted by Gasteiger charge is 2.14. The molecule has 0 saturated carbocycles. The first-order chi connectivity index (χ1) is 10.8. The number of halogens is 1. The second-order valence-electron chi connectivity index (χ2n) is 6.39. The molecule has 0 bridgehead atoms. The van der Waals surface area contributed by atoms with Gasteiger partial charge < -0.3 is 11.1 Å². The van der Waals surface area contributed by atoms with Crippen LogP contribution in [0.1, 0.15) is 20.8 Å². The predicted octanol–water partition coefficient (Wildman–Crippen LogP) is 3.62. The van der Waals surface area contributed by atoms with Crippen LogP contribution in [0.3, 0.4) is 0 Å². The van der Waals surface area contributed by atoms with Gasteiger partial charge in [0.25, 0.3) is 0 Å². The fraction of sp³-hybridized carbons (Fsp3) is 0.235. The van der Waals surface area contributed by atoms with Crippen molar-refractivity contribution in [3.8, 4) is 11.1 Å². The number of fused-ring (bicyclic) bond motifs is 1. The summed E-state index contributed by atoms with van der Waals surface area (Å²) in [4.78, 5) is 13.1. The van der Waals surface area contributed by atoms with Gasteiger partial charge in [-0.3, -0.25) is 0 Å². The zero-order valence-corrected chi connectivity index (χ0v) is 13.3. The maximum absolute atomic E-state index is 13.2. The molecule has 118 valence electrons. The number of nitrogens with one attached hydrogen (secondary N) is 1. The molecule has 0 spiro atoms. The van der Waals surface area contributed by atoms with Crippen LogP contribution in [-0.4, -0.2) is 20.5 Å². The smallest absolute Gasteiger partial charge is 0.223 e. The maximum Gasteiger partial charge on any atom is 0.223 e. The summed E-state index contributed by atoms with van der Waals surface area (Å²) in [5.41, 5.74) is 8.06. The van der Waals surface area contributed by atoms with Crippen LogP contribution in [0.15, 0.2) is 36.7 Å². The molecule has 3 aromatic rings. The van der Waals surface area contributed by atoms with Crippen molar-refractivity contribution in [3.05, 3.63) is 42.5 Å². The van der Waals surface area contributed by atoms with E-state index in [9.17, 15) is 4.39 Å². The molecule has 0 aliphatic heterocycles. The van der Waals surface area contributed by atoms with Gasteiger partial charge in [0, 0.05) is 23.5 Å². The zero-order chi connectivity index (χ0) is 16.6. The van der Waals surface area contributed by atoms with Crippen molar-refractivity contribution in [2.24, 2.45) is 0 Å². The Bertz CT molecular complexity index is 853. The van der Waals surface area contributed by atoms with Gasteiger partial charge in [0.1, 0.15) is 11.6 Å².